The molecule has 6 nitrogen and oxygen atoms in total. The molecule has 0 saturated heterocycles. The van der Waals surface area contributed by atoms with E-state index < -0.39 is 0 Å². The van der Waals surface area contributed by atoms with Crippen LogP contribution >= 0.6 is 0 Å². The Labute approximate surface area is 170 Å². The van der Waals surface area contributed by atoms with Crippen LogP contribution in [0.1, 0.15) is 54.1 Å². The molecule has 1 aromatic heterocycles. The minimum absolute atomic E-state index is 0.0188. The summed E-state index contributed by atoms with van der Waals surface area (Å²) in [5.41, 5.74) is 2.81. The van der Waals surface area contributed by atoms with Crippen LogP contribution in [0.4, 0.5) is 5.69 Å². The number of Topliss-reactive ketones (excluding diaryl/α,β-unsaturated/α-hetero) is 1. The Bertz CT molecular complexity index is 997. The van der Waals surface area contributed by atoms with Crippen molar-refractivity contribution in [3.63, 3.8) is 0 Å². The standard InChI is InChI=1S/C23H25N3O3/c1-16(27)17-5-9-19(10-6-17)24-22(28)21-13-14-26(25-21)15-29-20-11-7-18(8-12-20)23(2,3)4/h5-14H,15H2,1-4H3,(H,24,28). The third-order valence-corrected chi connectivity index (χ3v) is 4.51. The summed E-state index contributed by atoms with van der Waals surface area (Å²) in [6.45, 7) is 8.20. The van der Waals surface area contributed by atoms with Gasteiger partial charge in [-0.05, 0) is 60.4 Å². The molecule has 3 aromatic rings. The van der Waals surface area contributed by atoms with Gasteiger partial charge in [-0.25, -0.2) is 4.68 Å². The SMILES string of the molecule is CC(=O)c1ccc(NC(=O)c2ccn(COc3ccc(C(C)(C)C)cc3)n2)cc1. The highest BCUT2D eigenvalue weighted by Crippen LogP contribution is 2.24. The van der Waals surface area contributed by atoms with Crippen molar-refractivity contribution in [3.8, 4) is 5.75 Å². The molecular formula is C23H25N3O3. The number of anilines is 1. The fourth-order valence-corrected chi connectivity index (χ4v) is 2.73. The molecule has 0 aliphatic heterocycles. The summed E-state index contributed by atoms with van der Waals surface area (Å²) < 4.78 is 7.30. The van der Waals surface area contributed by atoms with Crippen molar-refractivity contribution < 1.29 is 14.3 Å². The van der Waals surface area contributed by atoms with Crippen LogP contribution < -0.4 is 10.1 Å². The van der Waals surface area contributed by atoms with E-state index in [-0.39, 0.29) is 29.5 Å². The summed E-state index contributed by atoms with van der Waals surface area (Å²) in [5, 5.41) is 7.01. The first-order valence-corrected chi connectivity index (χ1v) is 9.41. The second kappa shape index (κ2) is 8.31. The number of ether oxygens (including phenoxy) is 1. The average molecular weight is 391 g/mol. The van der Waals surface area contributed by atoms with Crippen LogP contribution in [0.2, 0.25) is 0 Å². The van der Waals surface area contributed by atoms with Gasteiger partial charge in [-0.3, -0.25) is 9.59 Å². The van der Waals surface area contributed by atoms with Crippen LogP contribution in [0.25, 0.3) is 0 Å². The van der Waals surface area contributed by atoms with Crippen molar-refractivity contribution in [2.75, 3.05) is 5.32 Å². The molecule has 1 heterocycles. The maximum absolute atomic E-state index is 12.4. The van der Waals surface area contributed by atoms with Gasteiger partial charge in [0.15, 0.2) is 18.2 Å². The molecule has 0 bridgehead atoms. The quantitative estimate of drug-likeness (QED) is 0.620. The van der Waals surface area contributed by atoms with Crippen LogP contribution in [0.15, 0.2) is 60.8 Å². The Morgan fingerprint density at radius 1 is 1.00 bits per heavy atom. The number of hydrogen-bond acceptors (Lipinski definition) is 4. The predicted molar refractivity (Wildman–Crippen MR) is 112 cm³/mol. The summed E-state index contributed by atoms with van der Waals surface area (Å²) in [4.78, 5) is 23.7. The molecule has 0 aliphatic rings. The van der Waals surface area contributed by atoms with Crippen LogP contribution in [0, 0.1) is 0 Å². The zero-order chi connectivity index (χ0) is 21.0. The number of benzene rings is 2. The molecule has 150 valence electrons. The summed E-state index contributed by atoms with van der Waals surface area (Å²) in [6, 6.07) is 16.3. The zero-order valence-corrected chi connectivity index (χ0v) is 17.1. The van der Waals surface area contributed by atoms with E-state index >= 15 is 0 Å². The van der Waals surface area contributed by atoms with Crippen molar-refractivity contribution in [2.45, 2.75) is 39.8 Å². The molecule has 0 spiro atoms. The zero-order valence-electron chi connectivity index (χ0n) is 17.1. The lowest BCUT2D eigenvalue weighted by atomic mass is 9.87. The fraction of sp³-hybridized carbons (Fsp3) is 0.261. The molecule has 3 rings (SSSR count). The number of carbonyl (C=O) groups excluding carboxylic acids is 2. The summed E-state index contributed by atoms with van der Waals surface area (Å²) in [7, 11) is 0. The van der Waals surface area contributed by atoms with E-state index in [9.17, 15) is 9.59 Å². The van der Waals surface area contributed by atoms with Gasteiger partial charge in [0.25, 0.3) is 5.91 Å². The van der Waals surface area contributed by atoms with Gasteiger partial charge < -0.3 is 10.1 Å². The lowest BCUT2D eigenvalue weighted by molar-refractivity contribution is 0.101. The fourth-order valence-electron chi connectivity index (χ4n) is 2.73. The van der Waals surface area contributed by atoms with Crippen molar-refractivity contribution in [3.05, 3.63) is 77.6 Å². The normalized spacial score (nSPS) is 11.2. The van der Waals surface area contributed by atoms with Gasteiger partial charge in [0.05, 0.1) is 0 Å². The molecule has 0 atom stereocenters. The average Bonchev–Trinajstić information content (AvgIpc) is 3.16. The number of amides is 1. The van der Waals surface area contributed by atoms with E-state index in [1.165, 1.54) is 12.5 Å². The molecule has 2 aromatic carbocycles. The highest BCUT2D eigenvalue weighted by atomic mass is 16.5. The van der Waals surface area contributed by atoms with Gasteiger partial charge in [-0.15, -0.1) is 0 Å². The van der Waals surface area contributed by atoms with Crippen molar-refractivity contribution >= 4 is 17.4 Å². The second-order valence-corrected chi connectivity index (χ2v) is 7.88. The Hall–Kier alpha value is -3.41. The number of aromatic nitrogens is 2. The number of nitrogens with zero attached hydrogens (tertiary/aromatic N) is 2. The van der Waals surface area contributed by atoms with E-state index in [1.807, 2.05) is 12.1 Å². The number of rotatable bonds is 6. The van der Waals surface area contributed by atoms with Gasteiger partial charge in [0.1, 0.15) is 5.75 Å². The maximum atomic E-state index is 12.4. The van der Waals surface area contributed by atoms with Gasteiger partial charge in [-0.1, -0.05) is 32.9 Å². The molecule has 0 aliphatic carbocycles. The first kappa shape index (κ1) is 20.3. The highest BCUT2D eigenvalue weighted by molar-refractivity contribution is 6.03. The molecule has 0 fully saturated rings. The molecule has 6 heteroatoms. The molecule has 0 unspecified atom stereocenters. The van der Waals surface area contributed by atoms with E-state index in [4.69, 9.17) is 4.74 Å². The summed E-state index contributed by atoms with van der Waals surface area (Å²) in [6.07, 6.45) is 1.69. The molecule has 0 radical (unpaired) electrons. The molecule has 1 N–H and O–H groups in total. The third-order valence-electron chi connectivity index (χ3n) is 4.51. The molecule has 29 heavy (non-hydrogen) atoms. The first-order valence-electron chi connectivity index (χ1n) is 9.41. The van der Waals surface area contributed by atoms with Gasteiger partial charge in [0.2, 0.25) is 0 Å². The lowest BCUT2D eigenvalue weighted by Crippen LogP contribution is -2.14. The van der Waals surface area contributed by atoms with E-state index in [0.717, 1.165) is 5.75 Å². The predicted octanol–water partition coefficient (Wildman–Crippen LogP) is 4.67. The lowest BCUT2D eigenvalue weighted by Gasteiger charge is -2.19. The Morgan fingerprint density at radius 2 is 1.66 bits per heavy atom. The summed E-state index contributed by atoms with van der Waals surface area (Å²) in [5.74, 6) is 0.397. The minimum atomic E-state index is -0.325. The monoisotopic (exact) mass is 391 g/mol. The molecular weight excluding hydrogens is 366 g/mol. The van der Waals surface area contributed by atoms with Gasteiger partial charge in [0, 0.05) is 17.4 Å². The smallest absolute Gasteiger partial charge is 0.276 e. The Balaban J connectivity index is 1.57. The molecule has 0 saturated carbocycles. The van der Waals surface area contributed by atoms with E-state index in [0.29, 0.717) is 11.3 Å². The summed E-state index contributed by atoms with van der Waals surface area (Å²) >= 11 is 0. The van der Waals surface area contributed by atoms with Gasteiger partial charge >= 0.3 is 0 Å². The van der Waals surface area contributed by atoms with Crippen molar-refractivity contribution in [1.82, 2.24) is 9.78 Å². The van der Waals surface area contributed by atoms with Crippen LogP contribution in [0.5, 0.6) is 5.75 Å². The number of ketones is 1. The molecule has 1 amide bonds. The van der Waals surface area contributed by atoms with Crippen molar-refractivity contribution in [1.29, 1.82) is 0 Å². The third kappa shape index (κ3) is 5.31. The van der Waals surface area contributed by atoms with Crippen LogP contribution in [0.3, 0.4) is 0 Å². The Kier molecular flexibility index (Phi) is 5.82. The minimum Gasteiger partial charge on any atom is -0.471 e. The second-order valence-electron chi connectivity index (χ2n) is 7.88. The maximum Gasteiger partial charge on any atom is 0.276 e. The van der Waals surface area contributed by atoms with Crippen LogP contribution in [-0.2, 0) is 12.1 Å². The largest absolute Gasteiger partial charge is 0.471 e. The number of nitrogens with one attached hydrogen (secondary N) is 1. The number of hydrogen-bond donors (Lipinski definition) is 1. The highest BCUT2D eigenvalue weighted by Gasteiger charge is 2.13. The van der Waals surface area contributed by atoms with Gasteiger partial charge in [-0.2, -0.15) is 5.10 Å². The first-order chi connectivity index (χ1) is 13.7. The van der Waals surface area contributed by atoms with E-state index in [2.05, 4.69) is 43.3 Å². The van der Waals surface area contributed by atoms with Crippen molar-refractivity contribution in [2.24, 2.45) is 0 Å². The Morgan fingerprint density at radius 3 is 2.24 bits per heavy atom. The van der Waals surface area contributed by atoms with Crippen LogP contribution in [-0.4, -0.2) is 21.5 Å². The van der Waals surface area contributed by atoms with E-state index in [1.54, 1.807) is 41.2 Å². The topological polar surface area (TPSA) is 73.2 Å². The number of carbonyl (C=O) groups is 2.